The van der Waals surface area contributed by atoms with Gasteiger partial charge >= 0.3 is 6.09 Å². The van der Waals surface area contributed by atoms with E-state index in [1.807, 2.05) is 37.8 Å². The maximum absolute atomic E-state index is 13.2. The van der Waals surface area contributed by atoms with E-state index < -0.39 is 5.60 Å². The van der Waals surface area contributed by atoms with Gasteiger partial charge in [-0.1, -0.05) is 25.3 Å². The molecule has 28 heavy (non-hydrogen) atoms. The van der Waals surface area contributed by atoms with Crippen LogP contribution in [0.2, 0.25) is 0 Å². The van der Waals surface area contributed by atoms with Gasteiger partial charge in [0.25, 0.3) is 0 Å². The largest absolute Gasteiger partial charge is 0.443 e. The number of carbonyl (C=O) groups excluding carboxylic acids is 2. The molecule has 1 atom stereocenters. The molecule has 0 N–H and O–H groups in total. The highest BCUT2D eigenvalue weighted by atomic mass is 16.6. The van der Waals surface area contributed by atoms with Crippen LogP contribution in [0.15, 0.2) is 18.3 Å². The van der Waals surface area contributed by atoms with Gasteiger partial charge in [0.1, 0.15) is 11.4 Å². The maximum atomic E-state index is 13.2. The van der Waals surface area contributed by atoms with E-state index in [0.717, 1.165) is 63.5 Å². The average Bonchev–Trinajstić information content (AvgIpc) is 2.68. The highest BCUT2D eigenvalue weighted by molar-refractivity contribution is 5.88. The third-order valence-electron chi connectivity index (χ3n) is 5.61. The van der Waals surface area contributed by atoms with Gasteiger partial charge in [-0.15, -0.1) is 0 Å². The Morgan fingerprint density at radius 2 is 1.89 bits per heavy atom. The summed E-state index contributed by atoms with van der Waals surface area (Å²) >= 11 is 0. The standard InChI is InChI=1S/C22H33N3O3/c1-22(2,3)28-21(27)25(17-10-5-4-6-11-17)20-18(12-9-14-23-20)19-13-7-8-15-24(19)16-26/h9,12,14,16-17,19H,4-8,10-11,13,15H2,1-3H3. The highest BCUT2D eigenvalue weighted by Gasteiger charge is 2.35. The molecule has 2 amide bonds. The molecule has 1 aromatic heterocycles. The Kier molecular flexibility index (Phi) is 6.57. The molecule has 1 unspecified atom stereocenters. The molecule has 6 heteroatoms. The number of ether oxygens (including phenoxy) is 1. The molecule has 1 saturated carbocycles. The molecular weight excluding hydrogens is 354 g/mol. The third-order valence-corrected chi connectivity index (χ3v) is 5.61. The lowest BCUT2D eigenvalue weighted by Crippen LogP contribution is -2.46. The smallest absolute Gasteiger partial charge is 0.416 e. The van der Waals surface area contributed by atoms with Crippen molar-refractivity contribution in [1.29, 1.82) is 0 Å². The fraction of sp³-hybridized carbons (Fsp3) is 0.682. The Morgan fingerprint density at radius 3 is 2.57 bits per heavy atom. The minimum absolute atomic E-state index is 0.0384. The van der Waals surface area contributed by atoms with Crippen molar-refractivity contribution in [2.24, 2.45) is 0 Å². The van der Waals surface area contributed by atoms with Gasteiger partial charge in [0.15, 0.2) is 0 Å². The number of aromatic nitrogens is 1. The lowest BCUT2D eigenvalue weighted by atomic mass is 9.92. The van der Waals surface area contributed by atoms with E-state index in [0.29, 0.717) is 5.82 Å². The Morgan fingerprint density at radius 1 is 1.18 bits per heavy atom. The number of carbonyl (C=O) groups is 2. The molecule has 0 spiro atoms. The number of likely N-dealkylation sites (tertiary alicyclic amines) is 1. The first kappa shape index (κ1) is 20.6. The van der Waals surface area contributed by atoms with Crippen LogP contribution in [0.5, 0.6) is 0 Å². The van der Waals surface area contributed by atoms with Crippen molar-refractivity contribution in [3.63, 3.8) is 0 Å². The quantitative estimate of drug-likeness (QED) is 0.694. The summed E-state index contributed by atoms with van der Waals surface area (Å²) in [5.74, 6) is 0.655. The number of hydrogen-bond donors (Lipinski definition) is 0. The Bertz CT molecular complexity index is 680. The SMILES string of the molecule is CC(C)(C)OC(=O)N(c1ncccc1C1CCCCN1C=O)C1CCCCC1. The monoisotopic (exact) mass is 387 g/mol. The lowest BCUT2D eigenvalue weighted by molar-refractivity contribution is -0.121. The first-order valence-electron chi connectivity index (χ1n) is 10.6. The summed E-state index contributed by atoms with van der Waals surface area (Å²) in [7, 11) is 0. The van der Waals surface area contributed by atoms with E-state index in [9.17, 15) is 9.59 Å². The van der Waals surface area contributed by atoms with Crippen LogP contribution in [-0.4, -0.2) is 40.6 Å². The van der Waals surface area contributed by atoms with Crippen LogP contribution >= 0.6 is 0 Å². The van der Waals surface area contributed by atoms with Crippen molar-refractivity contribution in [3.8, 4) is 0 Å². The molecule has 2 fully saturated rings. The molecule has 0 radical (unpaired) electrons. The van der Waals surface area contributed by atoms with Crippen molar-refractivity contribution in [3.05, 3.63) is 23.9 Å². The van der Waals surface area contributed by atoms with Gasteiger partial charge < -0.3 is 9.64 Å². The summed E-state index contributed by atoms with van der Waals surface area (Å²) in [6, 6.07) is 3.95. The average molecular weight is 388 g/mol. The van der Waals surface area contributed by atoms with E-state index in [2.05, 4.69) is 4.98 Å². The zero-order chi connectivity index (χ0) is 20.1. The van der Waals surface area contributed by atoms with Crippen molar-refractivity contribution in [2.45, 2.75) is 89.8 Å². The molecule has 1 aliphatic heterocycles. The molecule has 2 heterocycles. The summed E-state index contributed by atoms with van der Waals surface area (Å²) in [4.78, 5) is 33.1. The zero-order valence-corrected chi connectivity index (χ0v) is 17.4. The van der Waals surface area contributed by atoms with Gasteiger partial charge in [0.2, 0.25) is 6.41 Å². The van der Waals surface area contributed by atoms with Crippen molar-refractivity contribution in [1.82, 2.24) is 9.88 Å². The maximum Gasteiger partial charge on any atom is 0.416 e. The molecule has 154 valence electrons. The van der Waals surface area contributed by atoms with Gasteiger partial charge in [0, 0.05) is 24.3 Å². The molecule has 1 saturated heterocycles. The summed E-state index contributed by atoms with van der Waals surface area (Å²) in [5, 5.41) is 0. The second-order valence-corrected chi connectivity index (χ2v) is 8.91. The van der Waals surface area contributed by atoms with E-state index in [1.54, 1.807) is 11.1 Å². The summed E-state index contributed by atoms with van der Waals surface area (Å²) < 4.78 is 5.77. The molecule has 1 aliphatic carbocycles. The van der Waals surface area contributed by atoms with Gasteiger partial charge in [-0.2, -0.15) is 0 Å². The minimum atomic E-state index is -0.571. The van der Waals surface area contributed by atoms with Crippen LogP contribution in [0.3, 0.4) is 0 Å². The predicted octanol–water partition coefficient (Wildman–Crippen LogP) is 4.84. The van der Waals surface area contributed by atoms with E-state index in [4.69, 9.17) is 4.74 Å². The van der Waals surface area contributed by atoms with Crippen molar-refractivity contribution < 1.29 is 14.3 Å². The Hall–Kier alpha value is -2.11. The summed E-state index contributed by atoms with van der Waals surface area (Å²) in [6.45, 7) is 6.41. The summed E-state index contributed by atoms with van der Waals surface area (Å²) in [5.41, 5.74) is 0.379. The molecular formula is C22H33N3O3. The first-order valence-corrected chi connectivity index (χ1v) is 10.6. The van der Waals surface area contributed by atoms with Gasteiger partial charge in [0.05, 0.1) is 6.04 Å². The fourth-order valence-corrected chi connectivity index (χ4v) is 4.34. The normalized spacial score (nSPS) is 21.2. The predicted molar refractivity (Wildman–Crippen MR) is 109 cm³/mol. The number of hydrogen-bond acceptors (Lipinski definition) is 4. The molecule has 0 bridgehead atoms. The second kappa shape index (κ2) is 8.93. The summed E-state index contributed by atoms with van der Waals surface area (Å²) in [6.07, 6.45) is 10.6. The van der Waals surface area contributed by atoms with Crippen LogP contribution in [0.4, 0.5) is 10.6 Å². The fourth-order valence-electron chi connectivity index (χ4n) is 4.34. The molecule has 3 rings (SSSR count). The minimum Gasteiger partial charge on any atom is -0.443 e. The Labute approximate surface area is 168 Å². The van der Waals surface area contributed by atoms with Crippen molar-refractivity contribution >= 4 is 18.3 Å². The highest BCUT2D eigenvalue weighted by Crippen LogP contribution is 2.37. The lowest BCUT2D eigenvalue weighted by Gasteiger charge is -2.38. The molecule has 0 aromatic carbocycles. The zero-order valence-electron chi connectivity index (χ0n) is 17.4. The number of nitrogens with zero attached hydrogens (tertiary/aromatic N) is 3. The van der Waals surface area contributed by atoms with Gasteiger partial charge in [-0.25, -0.2) is 9.78 Å². The second-order valence-electron chi connectivity index (χ2n) is 8.91. The van der Waals surface area contributed by atoms with Gasteiger partial charge in [-0.05, 0) is 58.9 Å². The molecule has 2 aliphatic rings. The number of piperidine rings is 1. The molecule has 1 aromatic rings. The number of anilines is 1. The van der Waals surface area contributed by atoms with Gasteiger partial charge in [-0.3, -0.25) is 9.69 Å². The first-order chi connectivity index (χ1) is 13.4. The number of pyridine rings is 1. The molecule has 6 nitrogen and oxygen atoms in total. The number of amides is 2. The van der Waals surface area contributed by atoms with E-state index >= 15 is 0 Å². The van der Waals surface area contributed by atoms with Crippen molar-refractivity contribution in [2.75, 3.05) is 11.4 Å². The van der Waals surface area contributed by atoms with E-state index in [-0.39, 0.29) is 18.2 Å². The van der Waals surface area contributed by atoms with Crippen LogP contribution in [0, 0.1) is 0 Å². The van der Waals surface area contributed by atoms with Crippen LogP contribution < -0.4 is 4.90 Å². The third kappa shape index (κ3) is 4.83. The van der Waals surface area contributed by atoms with Crippen LogP contribution in [0.25, 0.3) is 0 Å². The number of rotatable bonds is 4. The van der Waals surface area contributed by atoms with Crippen LogP contribution in [0.1, 0.15) is 83.7 Å². The Balaban J connectivity index is 1.99. The van der Waals surface area contributed by atoms with Crippen LogP contribution in [-0.2, 0) is 9.53 Å². The van der Waals surface area contributed by atoms with E-state index in [1.165, 1.54) is 6.42 Å². The topological polar surface area (TPSA) is 62.7 Å².